The first kappa shape index (κ1) is 13.8. The van der Waals surface area contributed by atoms with Crippen LogP contribution in [-0.4, -0.2) is 12.7 Å². The Kier molecular flexibility index (Phi) is 3.47. The molecule has 2 unspecified atom stereocenters. The Morgan fingerprint density at radius 3 is 2.33 bits per heavy atom. The van der Waals surface area contributed by atoms with Crippen LogP contribution in [0.2, 0.25) is 0 Å². The van der Waals surface area contributed by atoms with Crippen molar-refractivity contribution in [3.63, 3.8) is 0 Å². The highest BCUT2D eigenvalue weighted by Crippen LogP contribution is 2.34. The Morgan fingerprint density at radius 2 is 1.67 bits per heavy atom. The summed E-state index contributed by atoms with van der Waals surface area (Å²) in [7, 11) is 0. The fourth-order valence-electron chi connectivity index (χ4n) is 2.27. The lowest BCUT2D eigenvalue weighted by Crippen LogP contribution is -2.39. The summed E-state index contributed by atoms with van der Waals surface area (Å²) >= 11 is 0. The molecule has 21 heavy (non-hydrogen) atoms. The van der Waals surface area contributed by atoms with E-state index >= 15 is 0 Å². The summed E-state index contributed by atoms with van der Waals surface area (Å²) in [5, 5.41) is 0. The number of rotatable bonds is 2. The highest BCUT2D eigenvalue weighted by atomic mass is 19.1. The first-order chi connectivity index (χ1) is 10.1. The lowest BCUT2D eigenvalue weighted by Gasteiger charge is -2.30. The molecule has 0 bridgehead atoms. The van der Waals surface area contributed by atoms with Gasteiger partial charge < -0.3 is 15.2 Å². The van der Waals surface area contributed by atoms with Gasteiger partial charge in [-0.2, -0.15) is 0 Å². The Hall–Kier alpha value is -2.21. The summed E-state index contributed by atoms with van der Waals surface area (Å²) in [6.07, 6.45) is -0.769. The maximum atomic E-state index is 13.8. The maximum Gasteiger partial charge on any atom is 0.161 e. The molecular formula is C15H12F3NO2. The van der Waals surface area contributed by atoms with Crippen molar-refractivity contribution in [2.45, 2.75) is 12.1 Å². The zero-order chi connectivity index (χ0) is 15.0. The Morgan fingerprint density at radius 1 is 1.05 bits per heavy atom. The van der Waals surface area contributed by atoms with E-state index in [1.54, 1.807) is 24.3 Å². The summed E-state index contributed by atoms with van der Waals surface area (Å²) in [5.41, 5.74) is 5.46. The fourth-order valence-corrected chi connectivity index (χ4v) is 2.27. The molecule has 0 radical (unpaired) electrons. The van der Waals surface area contributed by atoms with Crippen molar-refractivity contribution in [2.75, 3.05) is 6.61 Å². The fraction of sp³-hybridized carbons (Fsp3) is 0.200. The van der Waals surface area contributed by atoms with Crippen molar-refractivity contribution in [2.24, 2.45) is 5.73 Å². The second kappa shape index (κ2) is 5.29. The Bertz CT molecular complexity index is 655. The summed E-state index contributed by atoms with van der Waals surface area (Å²) in [5.74, 6) is -2.08. The van der Waals surface area contributed by atoms with Gasteiger partial charge in [0.15, 0.2) is 17.6 Å². The molecule has 0 spiro atoms. The molecule has 0 amide bonds. The zero-order valence-corrected chi connectivity index (χ0v) is 10.9. The smallest absolute Gasteiger partial charge is 0.161 e. The van der Waals surface area contributed by atoms with Crippen LogP contribution in [0, 0.1) is 17.5 Å². The van der Waals surface area contributed by atoms with Crippen molar-refractivity contribution in [1.29, 1.82) is 0 Å². The lowest BCUT2D eigenvalue weighted by molar-refractivity contribution is 0.0702. The average Bonchev–Trinajstić information content (AvgIpc) is 2.45. The molecule has 1 aliphatic heterocycles. The van der Waals surface area contributed by atoms with Crippen LogP contribution in [0.5, 0.6) is 11.5 Å². The minimum atomic E-state index is -1.11. The van der Waals surface area contributed by atoms with E-state index in [0.717, 1.165) is 0 Å². The van der Waals surface area contributed by atoms with Crippen LogP contribution in [0.1, 0.15) is 11.6 Å². The van der Waals surface area contributed by atoms with Gasteiger partial charge >= 0.3 is 0 Å². The monoisotopic (exact) mass is 295 g/mol. The number of nitrogens with two attached hydrogens (primary N) is 1. The average molecular weight is 295 g/mol. The van der Waals surface area contributed by atoms with Crippen molar-refractivity contribution in [3.8, 4) is 11.5 Å². The van der Waals surface area contributed by atoms with Gasteiger partial charge in [-0.3, -0.25) is 0 Å². The van der Waals surface area contributed by atoms with Gasteiger partial charge in [0, 0.05) is 17.7 Å². The zero-order valence-electron chi connectivity index (χ0n) is 10.9. The highest BCUT2D eigenvalue weighted by molar-refractivity contribution is 5.41. The van der Waals surface area contributed by atoms with E-state index in [1.165, 1.54) is 0 Å². The Balaban J connectivity index is 1.89. The van der Waals surface area contributed by atoms with Gasteiger partial charge in [0.05, 0.1) is 6.04 Å². The van der Waals surface area contributed by atoms with Gasteiger partial charge in [-0.05, 0) is 12.1 Å². The van der Waals surface area contributed by atoms with Crippen molar-refractivity contribution >= 4 is 0 Å². The van der Waals surface area contributed by atoms with Crippen LogP contribution in [-0.2, 0) is 0 Å². The first-order valence-corrected chi connectivity index (χ1v) is 6.35. The van der Waals surface area contributed by atoms with E-state index in [9.17, 15) is 13.2 Å². The molecule has 3 nitrogen and oxygen atoms in total. The van der Waals surface area contributed by atoms with Crippen LogP contribution >= 0.6 is 0 Å². The number of halogens is 3. The Labute approximate surface area is 119 Å². The summed E-state index contributed by atoms with van der Waals surface area (Å²) in [6, 6.07) is 6.99. The minimum absolute atomic E-state index is 0.0500. The second-order valence-corrected chi connectivity index (χ2v) is 4.72. The SMILES string of the molecule is NC(c1c(F)cc(F)cc1F)C1COc2ccccc2O1. The lowest BCUT2D eigenvalue weighted by atomic mass is 10.0. The number of para-hydroxylation sites is 2. The van der Waals surface area contributed by atoms with Gasteiger partial charge in [0.25, 0.3) is 0 Å². The van der Waals surface area contributed by atoms with Gasteiger partial charge in [-0.25, -0.2) is 13.2 Å². The van der Waals surface area contributed by atoms with Crippen molar-refractivity contribution in [1.82, 2.24) is 0 Å². The first-order valence-electron chi connectivity index (χ1n) is 6.35. The molecule has 1 aliphatic rings. The number of benzene rings is 2. The summed E-state index contributed by atoms with van der Waals surface area (Å²) in [4.78, 5) is 0. The quantitative estimate of drug-likeness (QED) is 0.926. The standard InChI is InChI=1S/C15H12F3NO2/c16-8-5-9(17)14(10(18)6-8)15(19)13-7-20-11-3-1-2-4-12(11)21-13/h1-6,13,15H,7,19H2. The molecule has 3 rings (SSSR count). The normalized spacial score (nSPS) is 18.4. The van der Waals surface area contributed by atoms with Gasteiger partial charge in [0.1, 0.15) is 24.1 Å². The molecule has 0 fully saturated rings. The molecule has 0 saturated heterocycles. The van der Waals surface area contributed by atoms with Crippen LogP contribution < -0.4 is 15.2 Å². The molecule has 2 N–H and O–H groups in total. The molecule has 2 atom stereocenters. The third-order valence-corrected chi connectivity index (χ3v) is 3.31. The molecule has 0 aliphatic carbocycles. The van der Waals surface area contributed by atoms with Crippen molar-refractivity contribution in [3.05, 3.63) is 59.4 Å². The topological polar surface area (TPSA) is 44.5 Å². The predicted octanol–water partition coefficient (Wildman–Crippen LogP) is 2.94. The second-order valence-electron chi connectivity index (χ2n) is 4.72. The molecule has 2 aromatic carbocycles. The third-order valence-electron chi connectivity index (χ3n) is 3.31. The molecule has 110 valence electrons. The minimum Gasteiger partial charge on any atom is -0.486 e. The van der Waals surface area contributed by atoms with E-state index in [0.29, 0.717) is 23.6 Å². The number of ether oxygens (including phenoxy) is 2. The van der Waals surface area contributed by atoms with E-state index in [4.69, 9.17) is 15.2 Å². The molecule has 0 aromatic heterocycles. The van der Waals surface area contributed by atoms with Crippen LogP contribution in [0.3, 0.4) is 0 Å². The van der Waals surface area contributed by atoms with E-state index in [1.807, 2.05) is 0 Å². The van der Waals surface area contributed by atoms with Gasteiger partial charge in [-0.1, -0.05) is 12.1 Å². The molecular weight excluding hydrogens is 283 g/mol. The highest BCUT2D eigenvalue weighted by Gasteiger charge is 2.31. The number of fused-ring (bicyclic) bond motifs is 1. The molecule has 2 aromatic rings. The number of hydrogen-bond acceptors (Lipinski definition) is 3. The van der Waals surface area contributed by atoms with Gasteiger partial charge in [0.2, 0.25) is 0 Å². The third kappa shape index (κ3) is 2.54. The van der Waals surface area contributed by atoms with Crippen molar-refractivity contribution < 1.29 is 22.6 Å². The molecule has 6 heteroatoms. The molecule has 0 saturated carbocycles. The summed E-state index contributed by atoms with van der Waals surface area (Å²) in [6.45, 7) is 0.0500. The van der Waals surface area contributed by atoms with Crippen LogP contribution in [0.15, 0.2) is 36.4 Å². The molecule has 1 heterocycles. The van der Waals surface area contributed by atoms with Gasteiger partial charge in [-0.15, -0.1) is 0 Å². The summed E-state index contributed by atoms with van der Waals surface area (Å²) < 4.78 is 51.5. The predicted molar refractivity (Wildman–Crippen MR) is 69.6 cm³/mol. The van der Waals surface area contributed by atoms with E-state index < -0.39 is 35.2 Å². The van der Waals surface area contributed by atoms with E-state index in [2.05, 4.69) is 0 Å². The number of hydrogen-bond donors (Lipinski definition) is 1. The largest absolute Gasteiger partial charge is 0.486 e. The van der Waals surface area contributed by atoms with Crippen LogP contribution in [0.25, 0.3) is 0 Å². The van der Waals surface area contributed by atoms with E-state index in [-0.39, 0.29) is 6.61 Å². The van der Waals surface area contributed by atoms with Crippen LogP contribution in [0.4, 0.5) is 13.2 Å². The maximum absolute atomic E-state index is 13.8.